The van der Waals surface area contributed by atoms with Crippen LogP contribution in [0.1, 0.15) is 16.3 Å². The van der Waals surface area contributed by atoms with Gasteiger partial charge in [-0.2, -0.15) is 0 Å². The van der Waals surface area contributed by atoms with Crippen molar-refractivity contribution >= 4 is 27.0 Å². The van der Waals surface area contributed by atoms with E-state index in [1.165, 1.54) is 0 Å². The lowest BCUT2D eigenvalue weighted by Gasteiger charge is -2.03. The number of hydrogen-bond acceptors (Lipinski definition) is 2. The molecule has 0 fully saturated rings. The van der Waals surface area contributed by atoms with E-state index < -0.39 is 0 Å². The highest BCUT2D eigenvalue weighted by molar-refractivity contribution is 9.09. The van der Waals surface area contributed by atoms with Crippen molar-refractivity contribution in [3.8, 4) is 0 Å². The quantitative estimate of drug-likeness (QED) is 0.626. The number of nitrogens with two attached hydrogens (primary N) is 1. The Morgan fingerprint density at radius 1 is 1.50 bits per heavy atom. The maximum atomic E-state index is 5.73. The minimum Gasteiger partial charge on any atom is -0.331 e. The monoisotopic (exact) mass is 253 g/mol. The van der Waals surface area contributed by atoms with Crippen LogP contribution in [-0.2, 0) is 7.05 Å². The Bertz CT molecular complexity index is 473. The minimum atomic E-state index is -0.116. The number of aromatic nitrogens is 2. The first-order chi connectivity index (χ1) is 6.59. The zero-order valence-electron chi connectivity index (χ0n) is 8.16. The molecule has 0 aliphatic heterocycles. The number of alkyl halides is 1. The van der Waals surface area contributed by atoms with Crippen molar-refractivity contribution in [3.05, 3.63) is 29.6 Å². The average molecular weight is 254 g/mol. The van der Waals surface area contributed by atoms with Gasteiger partial charge in [0.05, 0.1) is 16.0 Å². The number of halogens is 1. The van der Waals surface area contributed by atoms with Crippen LogP contribution in [-0.4, -0.2) is 9.55 Å². The van der Waals surface area contributed by atoms with Gasteiger partial charge in [0.15, 0.2) is 0 Å². The summed E-state index contributed by atoms with van der Waals surface area (Å²) in [5.74, 6) is 1.01. The van der Waals surface area contributed by atoms with Gasteiger partial charge in [-0.25, -0.2) is 4.98 Å². The van der Waals surface area contributed by atoms with Crippen LogP contribution in [0.3, 0.4) is 0 Å². The van der Waals surface area contributed by atoms with Gasteiger partial charge >= 0.3 is 0 Å². The summed E-state index contributed by atoms with van der Waals surface area (Å²) in [7, 11) is 2.01. The van der Waals surface area contributed by atoms with Crippen LogP contribution >= 0.6 is 15.9 Å². The first-order valence-electron chi connectivity index (χ1n) is 4.42. The van der Waals surface area contributed by atoms with Crippen LogP contribution in [0.15, 0.2) is 18.2 Å². The number of aryl methyl sites for hydroxylation is 2. The third kappa shape index (κ3) is 1.44. The lowest BCUT2D eigenvalue weighted by atomic mass is 10.2. The second-order valence-corrected chi connectivity index (χ2v) is 4.35. The number of rotatable bonds is 1. The third-order valence-electron chi connectivity index (χ3n) is 2.45. The molecular formula is C10H12BrN3. The van der Waals surface area contributed by atoms with Crippen LogP contribution in [0.2, 0.25) is 0 Å². The molecule has 0 bridgehead atoms. The van der Waals surface area contributed by atoms with E-state index in [1.807, 2.05) is 32.2 Å². The van der Waals surface area contributed by atoms with E-state index in [1.54, 1.807) is 0 Å². The Labute approximate surface area is 91.1 Å². The summed E-state index contributed by atoms with van der Waals surface area (Å²) in [6.07, 6.45) is 0. The van der Waals surface area contributed by atoms with Gasteiger partial charge < -0.3 is 10.3 Å². The molecule has 1 atom stereocenters. The van der Waals surface area contributed by atoms with Gasteiger partial charge in [0.2, 0.25) is 0 Å². The molecule has 1 heterocycles. The first kappa shape index (κ1) is 9.68. The summed E-state index contributed by atoms with van der Waals surface area (Å²) in [5, 5.41) is 0. The molecule has 74 valence electrons. The lowest BCUT2D eigenvalue weighted by Crippen LogP contribution is -2.00. The molecule has 1 unspecified atom stereocenters. The zero-order valence-corrected chi connectivity index (χ0v) is 9.75. The highest BCUT2D eigenvalue weighted by Gasteiger charge is 2.06. The second kappa shape index (κ2) is 3.37. The van der Waals surface area contributed by atoms with Crippen molar-refractivity contribution in [2.75, 3.05) is 0 Å². The molecule has 0 aliphatic rings. The van der Waals surface area contributed by atoms with Gasteiger partial charge in [-0.1, -0.05) is 22.0 Å². The topological polar surface area (TPSA) is 43.8 Å². The molecule has 14 heavy (non-hydrogen) atoms. The molecule has 2 aromatic rings. The predicted octanol–water partition coefficient (Wildman–Crippen LogP) is 2.23. The molecule has 0 radical (unpaired) electrons. The molecule has 1 aromatic carbocycles. The van der Waals surface area contributed by atoms with Crippen molar-refractivity contribution in [3.63, 3.8) is 0 Å². The maximum Gasteiger partial charge on any atom is 0.106 e. The number of nitrogens with zero attached hydrogens (tertiary/aromatic N) is 2. The van der Waals surface area contributed by atoms with E-state index in [4.69, 9.17) is 5.73 Å². The number of fused-ring (bicyclic) bond motifs is 1. The Hall–Kier alpha value is -0.870. The highest BCUT2D eigenvalue weighted by atomic mass is 79.9. The standard InChI is InChI=1S/C10H12BrN3/c1-6-13-8-5-7(10(11)12)3-4-9(8)14(6)2/h3-5,10H,12H2,1-2H3. The van der Waals surface area contributed by atoms with Gasteiger partial charge in [0.25, 0.3) is 0 Å². The highest BCUT2D eigenvalue weighted by Crippen LogP contribution is 2.22. The molecule has 0 saturated carbocycles. The second-order valence-electron chi connectivity index (χ2n) is 3.37. The summed E-state index contributed by atoms with van der Waals surface area (Å²) >= 11 is 3.34. The predicted molar refractivity (Wildman–Crippen MR) is 61.3 cm³/mol. The Morgan fingerprint density at radius 2 is 2.21 bits per heavy atom. The largest absolute Gasteiger partial charge is 0.331 e. The number of hydrogen-bond donors (Lipinski definition) is 1. The molecule has 2 N–H and O–H groups in total. The van der Waals surface area contributed by atoms with Gasteiger partial charge in [0.1, 0.15) is 5.82 Å². The summed E-state index contributed by atoms with van der Waals surface area (Å²) in [6, 6.07) is 6.08. The Balaban J connectivity index is 2.67. The van der Waals surface area contributed by atoms with Crippen LogP contribution in [0, 0.1) is 6.92 Å². The van der Waals surface area contributed by atoms with Gasteiger partial charge in [-0.3, -0.25) is 0 Å². The summed E-state index contributed by atoms with van der Waals surface area (Å²) in [6.45, 7) is 1.99. The molecule has 0 amide bonds. The van der Waals surface area contributed by atoms with Crippen molar-refractivity contribution in [2.24, 2.45) is 12.8 Å². The minimum absolute atomic E-state index is 0.116. The first-order valence-corrected chi connectivity index (χ1v) is 5.34. The van der Waals surface area contributed by atoms with E-state index in [9.17, 15) is 0 Å². The summed E-state index contributed by atoms with van der Waals surface area (Å²) in [4.78, 5) is 4.33. The molecule has 1 aromatic heterocycles. The van der Waals surface area contributed by atoms with E-state index in [0.29, 0.717) is 0 Å². The fourth-order valence-electron chi connectivity index (χ4n) is 1.51. The smallest absolute Gasteiger partial charge is 0.106 e. The molecule has 4 heteroatoms. The van der Waals surface area contributed by atoms with Gasteiger partial charge in [-0.15, -0.1) is 0 Å². The zero-order chi connectivity index (χ0) is 10.3. The fraction of sp³-hybridized carbons (Fsp3) is 0.300. The Morgan fingerprint density at radius 3 is 2.86 bits per heavy atom. The average Bonchev–Trinajstić information content (AvgIpc) is 2.42. The van der Waals surface area contributed by atoms with E-state index in [-0.39, 0.29) is 4.95 Å². The molecule has 0 aliphatic carbocycles. The van der Waals surface area contributed by atoms with Gasteiger partial charge in [0, 0.05) is 7.05 Å². The Kier molecular flexibility index (Phi) is 2.33. The van der Waals surface area contributed by atoms with Crippen LogP contribution in [0.4, 0.5) is 0 Å². The summed E-state index contributed by atoms with van der Waals surface area (Å²) in [5.41, 5.74) is 8.92. The van der Waals surface area contributed by atoms with Crippen LogP contribution in [0.25, 0.3) is 11.0 Å². The lowest BCUT2D eigenvalue weighted by molar-refractivity contribution is 0.886. The molecular weight excluding hydrogens is 242 g/mol. The number of benzene rings is 1. The van der Waals surface area contributed by atoms with Crippen molar-refractivity contribution in [1.29, 1.82) is 0 Å². The fourth-order valence-corrected chi connectivity index (χ4v) is 1.79. The molecule has 0 spiro atoms. The van der Waals surface area contributed by atoms with Crippen molar-refractivity contribution in [1.82, 2.24) is 9.55 Å². The van der Waals surface area contributed by atoms with Gasteiger partial charge in [-0.05, 0) is 24.6 Å². The van der Waals surface area contributed by atoms with Crippen molar-refractivity contribution < 1.29 is 0 Å². The number of imidazole rings is 1. The van der Waals surface area contributed by atoms with E-state index >= 15 is 0 Å². The normalized spacial score (nSPS) is 13.4. The maximum absolute atomic E-state index is 5.73. The molecule has 2 rings (SSSR count). The van der Waals surface area contributed by atoms with Crippen molar-refractivity contribution in [2.45, 2.75) is 11.9 Å². The van der Waals surface area contributed by atoms with Crippen LogP contribution < -0.4 is 5.73 Å². The van der Waals surface area contributed by atoms with Crippen LogP contribution in [0.5, 0.6) is 0 Å². The van der Waals surface area contributed by atoms with E-state index in [0.717, 1.165) is 22.4 Å². The molecule has 0 saturated heterocycles. The third-order valence-corrected chi connectivity index (χ3v) is 2.98. The molecule has 3 nitrogen and oxygen atoms in total. The summed E-state index contributed by atoms with van der Waals surface area (Å²) < 4.78 is 2.07. The van der Waals surface area contributed by atoms with E-state index in [2.05, 4.69) is 25.5 Å². The SMILES string of the molecule is Cc1nc2cc(C(N)Br)ccc2n1C.